The summed E-state index contributed by atoms with van der Waals surface area (Å²) in [5.41, 5.74) is -0.419. The number of nitrogens with one attached hydrogen (secondary N) is 1. The van der Waals surface area contributed by atoms with Gasteiger partial charge in [-0.3, -0.25) is 10.1 Å². The van der Waals surface area contributed by atoms with Gasteiger partial charge in [-0.05, 0) is 12.0 Å². The van der Waals surface area contributed by atoms with Crippen LogP contribution in [-0.4, -0.2) is 27.7 Å². The van der Waals surface area contributed by atoms with Crippen molar-refractivity contribution in [3.8, 4) is 6.07 Å². The van der Waals surface area contributed by atoms with Crippen LogP contribution < -0.4 is 5.32 Å². The van der Waals surface area contributed by atoms with Crippen molar-refractivity contribution >= 4 is 11.5 Å². The van der Waals surface area contributed by atoms with E-state index in [4.69, 9.17) is 5.26 Å². The van der Waals surface area contributed by atoms with E-state index in [2.05, 4.69) is 10.3 Å². The molecule has 2 N–H and O–H groups in total. The molecule has 0 aliphatic heterocycles. The fourth-order valence-corrected chi connectivity index (χ4v) is 1.43. The predicted octanol–water partition coefficient (Wildman–Crippen LogP) is 1.29. The Morgan fingerprint density at radius 3 is 2.78 bits per heavy atom. The lowest BCUT2D eigenvalue weighted by atomic mass is 10.1. The highest BCUT2D eigenvalue weighted by Gasteiger charge is 2.24. The summed E-state index contributed by atoms with van der Waals surface area (Å²) in [5, 5.41) is 31.8. The van der Waals surface area contributed by atoms with Gasteiger partial charge in [0.15, 0.2) is 0 Å². The zero-order valence-corrected chi connectivity index (χ0v) is 10.1. The molecule has 7 heteroatoms. The minimum atomic E-state index is -0.650. The van der Waals surface area contributed by atoms with Gasteiger partial charge in [-0.2, -0.15) is 5.26 Å². The first kappa shape index (κ1) is 13.9. The molecule has 1 unspecified atom stereocenters. The van der Waals surface area contributed by atoms with Crippen LogP contribution in [0.25, 0.3) is 0 Å². The predicted molar refractivity (Wildman–Crippen MR) is 64.9 cm³/mol. The van der Waals surface area contributed by atoms with Gasteiger partial charge in [-0.25, -0.2) is 4.98 Å². The highest BCUT2D eigenvalue weighted by Crippen LogP contribution is 2.26. The Morgan fingerprint density at radius 1 is 1.67 bits per heavy atom. The van der Waals surface area contributed by atoms with Gasteiger partial charge in [-0.1, -0.05) is 13.8 Å². The Bertz CT molecular complexity index is 482. The maximum absolute atomic E-state index is 11.0. The largest absolute Gasteiger partial charge is 0.394 e. The quantitative estimate of drug-likeness (QED) is 0.601. The van der Waals surface area contributed by atoms with Crippen molar-refractivity contribution in [2.24, 2.45) is 5.92 Å². The first-order chi connectivity index (χ1) is 8.51. The molecule has 1 aromatic heterocycles. The standard InChI is InChI=1S/C11H14N4O3/c1-7(2)9(6-16)14-11-10(15(17)18)8(5-12)3-4-13-11/h3-4,7,9,16H,6H2,1-2H3,(H,13,14). The highest BCUT2D eigenvalue weighted by atomic mass is 16.6. The molecule has 0 amide bonds. The van der Waals surface area contributed by atoms with Gasteiger partial charge in [0.25, 0.3) is 0 Å². The molecule has 96 valence electrons. The first-order valence-corrected chi connectivity index (χ1v) is 5.42. The molecule has 1 aromatic rings. The smallest absolute Gasteiger partial charge is 0.328 e. The Hall–Kier alpha value is -2.20. The molecule has 0 radical (unpaired) electrons. The van der Waals surface area contributed by atoms with E-state index in [0.29, 0.717) is 0 Å². The minimum Gasteiger partial charge on any atom is -0.394 e. The molecule has 0 saturated heterocycles. The SMILES string of the molecule is CC(C)C(CO)Nc1nccc(C#N)c1[N+](=O)[O-]. The van der Waals surface area contributed by atoms with Crippen molar-refractivity contribution in [3.05, 3.63) is 27.9 Å². The van der Waals surface area contributed by atoms with E-state index in [9.17, 15) is 15.2 Å². The maximum Gasteiger partial charge on any atom is 0.328 e. The molecule has 0 bridgehead atoms. The lowest BCUT2D eigenvalue weighted by molar-refractivity contribution is -0.384. The summed E-state index contributed by atoms with van der Waals surface area (Å²) in [6, 6.07) is 2.68. The molecular formula is C11H14N4O3. The second-order valence-electron chi connectivity index (χ2n) is 4.10. The van der Waals surface area contributed by atoms with Crippen LogP contribution in [0.5, 0.6) is 0 Å². The zero-order chi connectivity index (χ0) is 13.7. The van der Waals surface area contributed by atoms with Crippen LogP contribution in [0.1, 0.15) is 19.4 Å². The van der Waals surface area contributed by atoms with Gasteiger partial charge in [0.1, 0.15) is 11.6 Å². The van der Waals surface area contributed by atoms with Crippen LogP contribution in [0.15, 0.2) is 12.3 Å². The van der Waals surface area contributed by atoms with Gasteiger partial charge in [0, 0.05) is 6.20 Å². The van der Waals surface area contributed by atoms with Crippen LogP contribution in [0.4, 0.5) is 11.5 Å². The van der Waals surface area contributed by atoms with Crippen molar-refractivity contribution in [2.75, 3.05) is 11.9 Å². The molecule has 1 rings (SSSR count). The monoisotopic (exact) mass is 250 g/mol. The van der Waals surface area contributed by atoms with E-state index in [1.165, 1.54) is 12.3 Å². The topological polar surface area (TPSA) is 112 Å². The van der Waals surface area contributed by atoms with Crippen molar-refractivity contribution in [1.29, 1.82) is 5.26 Å². The Kier molecular flexibility index (Phi) is 4.57. The number of rotatable bonds is 5. The summed E-state index contributed by atoms with van der Waals surface area (Å²) >= 11 is 0. The molecule has 1 atom stereocenters. The normalized spacial score (nSPS) is 11.9. The fraction of sp³-hybridized carbons (Fsp3) is 0.455. The van der Waals surface area contributed by atoms with E-state index in [1.807, 2.05) is 13.8 Å². The number of nitro groups is 1. The molecule has 1 heterocycles. The van der Waals surface area contributed by atoms with E-state index in [-0.39, 0.29) is 35.6 Å². The molecule has 0 spiro atoms. The fourth-order valence-electron chi connectivity index (χ4n) is 1.43. The Balaban J connectivity index is 3.17. The van der Waals surface area contributed by atoms with Crippen molar-refractivity contribution in [1.82, 2.24) is 4.98 Å². The average molecular weight is 250 g/mol. The summed E-state index contributed by atoms with van der Waals surface area (Å²) in [7, 11) is 0. The third-order valence-corrected chi connectivity index (χ3v) is 2.55. The number of anilines is 1. The van der Waals surface area contributed by atoms with Gasteiger partial charge >= 0.3 is 5.69 Å². The molecule has 7 nitrogen and oxygen atoms in total. The summed E-state index contributed by atoms with van der Waals surface area (Å²) in [6.07, 6.45) is 1.32. The zero-order valence-electron chi connectivity index (χ0n) is 10.1. The number of nitriles is 1. The molecule has 18 heavy (non-hydrogen) atoms. The van der Waals surface area contributed by atoms with Gasteiger partial charge in [0.2, 0.25) is 5.82 Å². The Morgan fingerprint density at radius 2 is 2.33 bits per heavy atom. The lowest BCUT2D eigenvalue weighted by Crippen LogP contribution is -2.30. The summed E-state index contributed by atoms with van der Waals surface area (Å²) < 4.78 is 0. The summed E-state index contributed by atoms with van der Waals surface area (Å²) in [6.45, 7) is 3.56. The molecule has 0 aliphatic carbocycles. The maximum atomic E-state index is 11.0. The number of aromatic nitrogens is 1. The third-order valence-electron chi connectivity index (χ3n) is 2.55. The molecule has 0 aromatic carbocycles. The second kappa shape index (κ2) is 5.93. The Labute approximate surface area is 104 Å². The van der Waals surface area contributed by atoms with Crippen LogP contribution in [0.3, 0.4) is 0 Å². The van der Waals surface area contributed by atoms with E-state index >= 15 is 0 Å². The van der Waals surface area contributed by atoms with E-state index in [1.54, 1.807) is 6.07 Å². The lowest BCUT2D eigenvalue weighted by Gasteiger charge is -2.20. The second-order valence-corrected chi connectivity index (χ2v) is 4.10. The molecule has 0 saturated carbocycles. The number of hydrogen-bond acceptors (Lipinski definition) is 6. The van der Waals surface area contributed by atoms with Crippen LogP contribution in [-0.2, 0) is 0 Å². The average Bonchev–Trinajstić information content (AvgIpc) is 2.34. The number of nitrogens with zero attached hydrogens (tertiary/aromatic N) is 3. The van der Waals surface area contributed by atoms with Gasteiger partial charge < -0.3 is 10.4 Å². The van der Waals surface area contributed by atoms with Crippen LogP contribution in [0.2, 0.25) is 0 Å². The molecule has 0 fully saturated rings. The molecule has 0 aliphatic rings. The van der Waals surface area contributed by atoms with Gasteiger partial charge in [-0.15, -0.1) is 0 Å². The van der Waals surface area contributed by atoms with Crippen LogP contribution in [0, 0.1) is 27.4 Å². The van der Waals surface area contributed by atoms with Crippen molar-refractivity contribution < 1.29 is 10.0 Å². The minimum absolute atomic E-state index is 0.00630. The van der Waals surface area contributed by atoms with Gasteiger partial charge in [0.05, 0.1) is 17.6 Å². The number of pyridine rings is 1. The number of aliphatic hydroxyl groups is 1. The first-order valence-electron chi connectivity index (χ1n) is 5.42. The third kappa shape index (κ3) is 2.93. The summed E-state index contributed by atoms with van der Waals surface area (Å²) in [5.74, 6) is 0.0777. The van der Waals surface area contributed by atoms with Crippen molar-refractivity contribution in [2.45, 2.75) is 19.9 Å². The highest BCUT2D eigenvalue weighted by molar-refractivity contribution is 5.64. The van der Waals surface area contributed by atoms with E-state index in [0.717, 1.165) is 0 Å². The summed E-state index contributed by atoms with van der Waals surface area (Å²) in [4.78, 5) is 14.2. The van der Waals surface area contributed by atoms with E-state index < -0.39 is 4.92 Å². The molecular weight excluding hydrogens is 236 g/mol. The number of aliphatic hydroxyl groups excluding tert-OH is 1. The number of hydrogen-bond donors (Lipinski definition) is 2. The van der Waals surface area contributed by atoms with Crippen molar-refractivity contribution in [3.63, 3.8) is 0 Å². The van der Waals surface area contributed by atoms with Crippen LogP contribution >= 0.6 is 0 Å².